The van der Waals surface area contributed by atoms with Gasteiger partial charge < -0.3 is 19.5 Å². The third-order valence-electron chi connectivity index (χ3n) is 3.94. The Hall–Kier alpha value is -2.85. The highest BCUT2D eigenvalue weighted by Crippen LogP contribution is 2.19. The maximum Gasteiger partial charge on any atom is 0.122 e. The Morgan fingerprint density at radius 2 is 1.46 bits per heavy atom. The fourth-order valence-electron chi connectivity index (χ4n) is 2.58. The van der Waals surface area contributed by atoms with Crippen molar-refractivity contribution in [1.82, 2.24) is 0 Å². The van der Waals surface area contributed by atoms with Crippen molar-refractivity contribution < 1.29 is 14.2 Å². The van der Waals surface area contributed by atoms with Gasteiger partial charge in [0.2, 0.25) is 0 Å². The molecule has 3 rings (SSSR count). The smallest absolute Gasteiger partial charge is 0.122 e. The zero-order chi connectivity index (χ0) is 19.6. The monoisotopic (exact) mass is 397 g/mol. The number of rotatable bonds is 10. The first-order valence-electron chi connectivity index (χ1n) is 9.26. The molecule has 5 heteroatoms. The molecule has 146 valence electrons. The molecule has 0 radical (unpaired) electrons. The maximum absolute atomic E-state index is 5.89. The minimum atomic E-state index is 0.00465. The number of halogens is 1. The Balaban J connectivity index is 1.40. The van der Waals surface area contributed by atoms with Gasteiger partial charge in [-0.05, 0) is 55.5 Å². The second kappa shape index (κ2) is 10.5. The van der Waals surface area contributed by atoms with Crippen LogP contribution in [0.4, 0.5) is 5.69 Å². The molecule has 1 unspecified atom stereocenters. The summed E-state index contributed by atoms with van der Waals surface area (Å²) in [6, 6.07) is 24.9. The van der Waals surface area contributed by atoms with E-state index >= 15 is 0 Å². The SMILES string of the molecule is CC(CNc1cccc(OCCOc2ccccc2)c1)Oc1ccc(Cl)cc1. The fourth-order valence-corrected chi connectivity index (χ4v) is 2.71. The van der Waals surface area contributed by atoms with E-state index < -0.39 is 0 Å². The number of para-hydroxylation sites is 1. The molecule has 1 atom stereocenters. The van der Waals surface area contributed by atoms with Crippen molar-refractivity contribution in [2.24, 2.45) is 0 Å². The predicted octanol–water partition coefficient (Wildman–Crippen LogP) is 5.68. The Morgan fingerprint density at radius 1 is 0.786 bits per heavy atom. The molecule has 0 saturated carbocycles. The summed E-state index contributed by atoms with van der Waals surface area (Å²) in [5.74, 6) is 2.44. The average molecular weight is 398 g/mol. The normalized spacial score (nSPS) is 11.5. The third kappa shape index (κ3) is 6.71. The van der Waals surface area contributed by atoms with Crippen molar-refractivity contribution in [2.75, 3.05) is 25.1 Å². The van der Waals surface area contributed by atoms with E-state index in [0.717, 1.165) is 22.9 Å². The maximum atomic E-state index is 5.89. The van der Waals surface area contributed by atoms with E-state index in [1.165, 1.54) is 0 Å². The molecule has 4 nitrogen and oxygen atoms in total. The molecular weight excluding hydrogens is 374 g/mol. The van der Waals surface area contributed by atoms with Crippen LogP contribution in [0.5, 0.6) is 17.2 Å². The summed E-state index contributed by atoms with van der Waals surface area (Å²) in [6.45, 7) is 3.66. The predicted molar refractivity (Wildman–Crippen MR) is 114 cm³/mol. The van der Waals surface area contributed by atoms with Gasteiger partial charge in [-0.1, -0.05) is 35.9 Å². The van der Waals surface area contributed by atoms with Gasteiger partial charge >= 0.3 is 0 Å². The van der Waals surface area contributed by atoms with Gasteiger partial charge in [-0.25, -0.2) is 0 Å². The van der Waals surface area contributed by atoms with Gasteiger partial charge in [0.15, 0.2) is 0 Å². The number of ether oxygens (including phenoxy) is 3. The molecule has 0 saturated heterocycles. The quantitative estimate of drug-likeness (QED) is 0.447. The minimum absolute atomic E-state index is 0.00465. The van der Waals surface area contributed by atoms with Crippen LogP contribution in [0.3, 0.4) is 0 Å². The minimum Gasteiger partial charge on any atom is -0.490 e. The largest absolute Gasteiger partial charge is 0.490 e. The van der Waals surface area contributed by atoms with Crippen molar-refractivity contribution in [2.45, 2.75) is 13.0 Å². The average Bonchev–Trinajstić information content (AvgIpc) is 2.73. The lowest BCUT2D eigenvalue weighted by Gasteiger charge is -2.16. The van der Waals surface area contributed by atoms with E-state index in [1.807, 2.05) is 85.8 Å². The topological polar surface area (TPSA) is 39.7 Å². The molecule has 1 N–H and O–H groups in total. The Morgan fingerprint density at radius 3 is 2.21 bits per heavy atom. The summed E-state index contributed by atoms with van der Waals surface area (Å²) in [5, 5.41) is 4.07. The summed E-state index contributed by atoms with van der Waals surface area (Å²) in [6.07, 6.45) is 0.00465. The van der Waals surface area contributed by atoms with Gasteiger partial charge in [-0.15, -0.1) is 0 Å². The van der Waals surface area contributed by atoms with Crippen molar-refractivity contribution >= 4 is 17.3 Å². The number of benzene rings is 3. The molecule has 0 aliphatic carbocycles. The van der Waals surface area contributed by atoms with Gasteiger partial charge in [0.05, 0.1) is 6.54 Å². The van der Waals surface area contributed by atoms with Crippen LogP contribution in [0.15, 0.2) is 78.9 Å². The fraction of sp³-hybridized carbons (Fsp3) is 0.217. The van der Waals surface area contributed by atoms with E-state index in [-0.39, 0.29) is 6.10 Å². The molecule has 0 amide bonds. The molecule has 0 aliphatic heterocycles. The molecule has 3 aromatic carbocycles. The zero-order valence-electron chi connectivity index (χ0n) is 15.8. The summed E-state index contributed by atoms with van der Waals surface area (Å²) in [4.78, 5) is 0. The summed E-state index contributed by atoms with van der Waals surface area (Å²) in [7, 11) is 0. The van der Waals surface area contributed by atoms with Crippen molar-refractivity contribution in [3.63, 3.8) is 0 Å². The van der Waals surface area contributed by atoms with Crippen LogP contribution in [0.25, 0.3) is 0 Å². The highest BCUT2D eigenvalue weighted by molar-refractivity contribution is 6.30. The molecule has 0 aliphatic rings. The number of nitrogens with one attached hydrogen (secondary N) is 1. The van der Waals surface area contributed by atoms with Crippen LogP contribution >= 0.6 is 11.6 Å². The molecular formula is C23H24ClNO3. The second-order valence-electron chi connectivity index (χ2n) is 6.30. The lowest BCUT2D eigenvalue weighted by molar-refractivity contribution is 0.217. The van der Waals surface area contributed by atoms with Gasteiger partial charge in [-0.3, -0.25) is 0 Å². The number of anilines is 1. The van der Waals surface area contributed by atoms with Crippen LogP contribution < -0.4 is 19.5 Å². The van der Waals surface area contributed by atoms with Crippen LogP contribution in [0.2, 0.25) is 5.02 Å². The first kappa shape index (κ1) is 19.9. The summed E-state index contributed by atoms with van der Waals surface area (Å²) >= 11 is 5.89. The highest BCUT2D eigenvalue weighted by Gasteiger charge is 2.05. The second-order valence-corrected chi connectivity index (χ2v) is 6.74. The van der Waals surface area contributed by atoms with Gasteiger partial charge in [-0.2, -0.15) is 0 Å². The van der Waals surface area contributed by atoms with E-state index in [1.54, 1.807) is 0 Å². The molecule has 0 bridgehead atoms. The van der Waals surface area contributed by atoms with E-state index in [0.29, 0.717) is 24.8 Å². The van der Waals surface area contributed by atoms with E-state index in [2.05, 4.69) is 5.32 Å². The van der Waals surface area contributed by atoms with Gasteiger partial charge in [0.25, 0.3) is 0 Å². The molecule has 0 spiro atoms. The van der Waals surface area contributed by atoms with Crippen LogP contribution in [0, 0.1) is 0 Å². The standard InChI is InChI=1S/C23H24ClNO3/c1-18(28-22-12-10-19(24)11-13-22)17-25-20-6-5-9-23(16-20)27-15-14-26-21-7-3-2-4-8-21/h2-13,16,18,25H,14-15,17H2,1H3. The van der Waals surface area contributed by atoms with Crippen molar-refractivity contribution in [1.29, 1.82) is 0 Å². The van der Waals surface area contributed by atoms with Crippen LogP contribution in [-0.2, 0) is 0 Å². The number of hydrogen-bond donors (Lipinski definition) is 1. The molecule has 3 aromatic rings. The van der Waals surface area contributed by atoms with Crippen LogP contribution in [-0.4, -0.2) is 25.9 Å². The first-order valence-corrected chi connectivity index (χ1v) is 9.63. The molecule has 0 fully saturated rings. The Bertz CT molecular complexity index is 840. The van der Waals surface area contributed by atoms with Crippen LogP contribution in [0.1, 0.15) is 6.92 Å². The number of hydrogen-bond acceptors (Lipinski definition) is 4. The lowest BCUT2D eigenvalue weighted by atomic mass is 10.3. The first-order chi connectivity index (χ1) is 13.7. The van der Waals surface area contributed by atoms with Gasteiger partial charge in [0.1, 0.15) is 36.6 Å². The Kier molecular flexibility index (Phi) is 7.44. The van der Waals surface area contributed by atoms with Crippen molar-refractivity contribution in [3.05, 3.63) is 83.9 Å². The van der Waals surface area contributed by atoms with E-state index in [4.69, 9.17) is 25.8 Å². The van der Waals surface area contributed by atoms with Crippen molar-refractivity contribution in [3.8, 4) is 17.2 Å². The highest BCUT2D eigenvalue weighted by atomic mass is 35.5. The molecule has 0 heterocycles. The zero-order valence-corrected chi connectivity index (χ0v) is 16.6. The lowest BCUT2D eigenvalue weighted by Crippen LogP contribution is -2.22. The summed E-state index contributed by atoms with van der Waals surface area (Å²) in [5.41, 5.74) is 0.980. The Labute approximate surface area is 171 Å². The molecule has 28 heavy (non-hydrogen) atoms. The van der Waals surface area contributed by atoms with E-state index in [9.17, 15) is 0 Å². The third-order valence-corrected chi connectivity index (χ3v) is 4.19. The summed E-state index contributed by atoms with van der Waals surface area (Å²) < 4.78 is 17.3. The molecule has 0 aromatic heterocycles. The van der Waals surface area contributed by atoms with Gasteiger partial charge in [0, 0.05) is 16.8 Å².